The first-order chi connectivity index (χ1) is 8.91. The Morgan fingerprint density at radius 1 is 1.37 bits per heavy atom. The van der Waals surface area contributed by atoms with Crippen LogP contribution in [0, 0.1) is 13.8 Å². The molecule has 0 saturated heterocycles. The number of hydrogen-bond acceptors (Lipinski definition) is 3. The number of rotatable bonds is 3. The van der Waals surface area contributed by atoms with Crippen LogP contribution in [-0.4, -0.2) is 26.4 Å². The molecule has 106 valence electrons. The zero-order valence-electron chi connectivity index (χ0n) is 12.0. The molecule has 19 heavy (non-hydrogen) atoms. The first-order valence-electron chi connectivity index (χ1n) is 6.94. The lowest BCUT2D eigenvalue weighted by Crippen LogP contribution is -2.36. The van der Waals surface area contributed by atoms with Gasteiger partial charge in [-0.3, -0.25) is 9.48 Å². The maximum Gasteiger partial charge on any atom is 0.228 e. The van der Waals surface area contributed by atoms with Gasteiger partial charge in [-0.1, -0.05) is 19.3 Å². The van der Waals surface area contributed by atoms with Crippen LogP contribution in [-0.2, 0) is 11.8 Å². The molecule has 1 saturated carbocycles. The highest BCUT2D eigenvalue weighted by Crippen LogP contribution is 2.31. The molecule has 0 unspecified atom stereocenters. The average Bonchev–Trinajstić information content (AvgIpc) is 2.56. The van der Waals surface area contributed by atoms with E-state index in [-0.39, 0.29) is 12.3 Å². The van der Waals surface area contributed by atoms with Gasteiger partial charge in [-0.2, -0.15) is 5.10 Å². The van der Waals surface area contributed by atoms with E-state index < -0.39 is 5.60 Å². The van der Waals surface area contributed by atoms with Crippen molar-refractivity contribution in [2.24, 2.45) is 7.05 Å². The summed E-state index contributed by atoms with van der Waals surface area (Å²) in [5, 5.41) is 17.5. The van der Waals surface area contributed by atoms with Crippen LogP contribution in [0.3, 0.4) is 0 Å². The molecule has 1 heterocycles. The first kappa shape index (κ1) is 14.1. The summed E-state index contributed by atoms with van der Waals surface area (Å²) in [6, 6.07) is 0. The Morgan fingerprint density at radius 3 is 2.53 bits per heavy atom. The fourth-order valence-corrected chi connectivity index (χ4v) is 2.80. The molecule has 1 aromatic heterocycles. The van der Waals surface area contributed by atoms with Gasteiger partial charge in [0.25, 0.3) is 0 Å². The molecule has 0 atom stereocenters. The molecule has 1 aliphatic carbocycles. The van der Waals surface area contributed by atoms with E-state index in [1.165, 1.54) is 0 Å². The smallest absolute Gasteiger partial charge is 0.228 e. The van der Waals surface area contributed by atoms with Crippen LogP contribution >= 0.6 is 0 Å². The third-order valence-electron chi connectivity index (χ3n) is 4.05. The minimum absolute atomic E-state index is 0.129. The average molecular weight is 265 g/mol. The maximum absolute atomic E-state index is 12.1. The summed E-state index contributed by atoms with van der Waals surface area (Å²) < 4.78 is 1.67. The molecule has 5 nitrogen and oxygen atoms in total. The Morgan fingerprint density at radius 2 is 2.00 bits per heavy atom. The third kappa shape index (κ3) is 3.15. The number of carbonyl (C=O) groups is 1. The van der Waals surface area contributed by atoms with Crippen molar-refractivity contribution in [3.05, 3.63) is 11.3 Å². The van der Waals surface area contributed by atoms with Crippen LogP contribution in [0.15, 0.2) is 0 Å². The van der Waals surface area contributed by atoms with Gasteiger partial charge in [-0.25, -0.2) is 0 Å². The van der Waals surface area contributed by atoms with Gasteiger partial charge in [-0.05, 0) is 26.7 Å². The van der Waals surface area contributed by atoms with Crippen molar-refractivity contribution in [2.45, 2.75) is 58.0 Å². The lowest BCUT2D eigenvalue weighted by Gasteiger charge is -2.31. The Bertz CT molecular complexity index is 473. The molecule has 1 aromatic rings. The molecule has 0 radical (unpaired) electrons. The highest BCUT2D eigenvalue weighted by molar-refractivity contribution is 5.91. The number of nitrogens with zero attached hydrogens (tertiary/aromatic N) is 2. The Labute approximate surface area is 114 Å². The number of aryl methyl sites for hydroxylation is 2. The largest absolute Gasteiger partial charge is 0.389 e. The van der Waals surface area contributed by atoms with Crippen LogP contribution in [0.1, 0.15) is 49.8 Å². The van der Waals surface area contributed by atoms with Gasteiger partial charge in [0.2, 0.25) is 5.91 Å². The summed E-state index contributed by atoms with van der Waals surface area (Å²) in [6.07, 6.45) is 4.80. The van der Waals surface area contributed by atoms with Crippen molar-refractivity contribution >= 4 is 11.7 Å². The molecule has 2 rings (SSSR count). The summed E-state index contributed by atoms with van der Waals surface area (Å²) in [6.45, 7) is 3.85. The number of aliphatic hydroxyl groups is 1. The van der Waals surface area contributed by atoms with Crippen LogP contribution in [0.25, 0.3) is 0 Å². The standard InChI is InChI=1S/C14H23N3O2/c1-10-11(2)16-17(3)13(10)15-12(18)9-14(19)7-5-4-6-8-14/h19H,4-9H2,1-3H3,(H,15,18). The van der Waals surface area contributed by atoms with Gasteiger partial charge in [0.05, 0.1) is 17.7 Å². The molecule has 0 aromatic carbocycles. The van der Waals surface area contributed by atoms with E-state index in [0.29, 0.717) is 0 Å². The summed E-state index contributed by atoms with van der Waals surface area (Å²) in [5.41, 5.74) is 1.07. The predicted octanol–water partition coefficient (Wildman–Crippen LogP) is 2.06. The van der Waals surface area contributed by atoms with Crippen LogP contribution in [0.5, 0.6) is 0 Å². The second-order valence-electron chi connectivity index (χ2n) is 5.69. The summed E-state index contributed by atoms with van der Waals surface area (Å²) in [5.74, 6) is 0.595. The van der Waals surface area contributed by atoms with E-state index in [1.807, 2.05) is 20.9 Å². The van der Waals surface area contributed by atoms with Gasteiger partial charge < -0.3 is 10.4 Å². The van der Waals surface area contributed by atoms with Crippen molar-refractivity contribution < 1.29 is 9.90 Å². The van der Waals surface area contributed by atoms with E-state index >= 15 is 0 Å². The SMILES string of the molecule is Cc1nn(C)c(NC(=O)CC2(O)CCCCC2)c1C. The minimum Gasteiger partial charge on any atom is -0.389 e. The highest BCUT2D eigenvalue weighted by atomic mass is 16.3. The fourth-order valence-electron chi connectivity index (χ4n) is 2.80. The monoisotopic (exact) mass is 265 g/mol. The molecular formula is C14H23N3O2. The van der Waals surface area contributed by atoms with Gasteiger partial charge in [-0.15, -0.1) is 0 Å². The predicted molar refractivity (Wildman–Crippen MR) is 74.0 cm³/mol. The van der Waals surface area contributed by atoms with Crippen LogP contribution in [0.4, 0.5) is 5.82 Å². The number of aromatic nitrogens is 2. The summed E-state index contributed by atoms with van der Waals surface area (Å²) in [4.78, 5) is 12.1. The molecule has 0 aliphatic heterocycles. The van der Waals surface area contributed by atoms with Gasteiger partial charge >= 0.3 is 0 Å². The van der Waals surface area contributed by atoms with Crippen molar-refractivity contribution in [3.63, 3.8) is 0 Å². The fraction of sp³-hybridized carbons (Fsp3) is 0.714. The topological polar surface area (TPSA) is 67.2 Å². The zero-order valence-corrected chi connectivity index (χ0v) is 12.0. The Kier molecular flexibility index (Phi) is 3.94. The van der Waals surface area contributed by atoms with E-state index in [0.717, 1.165) is 49.2 Å². The number of carbonyl (C=O) groups excluding carboxylic acids is 1. The third-order valence-corrected chi connectivity index (χ3v) is 4.05. The molecule has 1 aliphatic rings. The minimum atomic E-state index is -0.816. The van der Waals surface area contributed by atoms with E-state index in [1.54, 1.807) is 4.68 Å². The van der Waals surface area contributed by atoms with Crippen molar-refractivity contribution in [1.82, 2.24) is 9.78 Å². The molecule has 5 heteroatoms. The van der Waals surface area contributed by atoms with Crippen molar-refractivity contribution in [1.29, 1.82) is 0 Å². The van der Waals surface area contributed by atoms with E-state index in [4.69, 9.17) is 0 Å². The van der Waals surface area contributed by atoms with Gasteiger partial charge in [0.1, 0.15) is 5.82 Å². The number of hydrogen-bond donors (Lipinski definition) is 2. The van der Waals surface area contributed by atoms with E-state index in [2.05, 4.69) is 10.4 Å². The van der Waals surface area contributed by atoms with Crippen molar-refractivity contribution in [2.75, 3.05) is 5.32 Å². The lowest BCUT2D eigenvalue weighted by molar-refractivity contribution is -0.122. The van der Waals surface area contributed by atoms with Crippen LogP contribution < -0.4 is 5.32 Å². The van der Waals surface area contributed by atoms with E-state index in [9.17, 15) is 9.90 Å². The molecule has 0 spiro atoms. The van der Waals surface area contributed by atoms with Gasteiger partial charge in [0, 0.05) is 12.6 Å². The second-order valence-corrected chi connectivity index (χ2v) is 5.69. The number of amides is 1. The first-order valence-corrected chi connectivity index (χ1v) is 6.94. The number of anilines is 1. The molecule has 0 bridgehead atoms. The summed E-state index contributed by atoms with van der Waals surface area (Å²) in [7, 11) is 1.81. The molecule has 2 N–H and O–H groups in total. The summed E-state index contributed by atoms with van der Waals surface area (Å²) >= 11 is 0. The molecule has 1 fully saturated rings. The van der Waals surface area contributed by atoms with Gasteiger partial charge in [0.15, 0.2) is 0 Å². The van der Waals surface area contributed by atoms with Crippen molar-refractivity contribution in [3.8, 4) is 0 Å². The maximum atomic E-state index is 12.1. The van der Waals surface area contributed by atoms with Crippen LogP contribution in [0.2, 0.25) is 0 Å². The molecular weight excluding hydrogens is 242 g/mol. The quantitative estimate of drug-likeness (QED) is 0.879. The second kappa shape index (κ2) is 5.33. The molecule has 1 amide bonds. The highest BCUT2D eigenvalue weighted by Gasteiger charge is 2.32. The zero-order chi connectivity index (χ0) is 14.0. The Balaban J connectivity index is 2.01. The Hall–Kier alpha value is -1.36. The number of nitrogens with one attached hydrogen (secondary N) is 1. The lowest BCUT2D eigenvalue weighted by atomic mass is 9.82. The normalized spacial score (nSPS) is 18.3.